The van der Waals surface area contributed by atoms with Gasteiger partial charge < -0.3 is 14.5 Å². The van der Waals surface area contributed by atoms with Gasteiger partial charge >= 0.3 is 0 Å². The molecule has 0 aromatic heterocycles. The van der Waals surface area contributed by atoms with E-state index in [0.717, 1.165) is 32.7 Å². The molecule has 1 heterocycles. The van der Waals surface area contributed by atoms with Gasteiger partial charge in [0.1, 0.15) is 0 Å². The predicted molar refractivity (Wildman–Crippen MR) is 84.8 cm³/mol. The molecule has 1 aliphatic rings. The highest BCUT2D eigenvalue weighted by atomic mass is 35.5. The molecule has 1 amide bonds. The maximum absolute atomic E-state index is 12.1. The average molecular weight is 353 g/mol. The van der Waals surface area contributed by atoms with Crippen molar-refractivity contribution in [3.05, 3.63) is 27.2 Å². The summed E-state index contributed by atoms with van der Waals surface area (Å²) in [5.41, 5.74) is 0. The Morgan fingerprint density at radius 3 is 2.33 bits per heavy atom. The van der Waals surface area contributed by atoms with Gasteiger partial charge in [-0.25, -0.2) is 0 Å². The number of nitrogens with one attached hydrogen (secondary N) is 1. The number of carbonyl (C=O) groups excluding carboxylic acids is 1. The van der Waals surface area contributed by atoms with Crippen molar-refractivity contribution in [2.45, 2.75) is 6.92 Å². The quantitative estimate of drug-likeness (QED) is 0.896. The molecular weight excluding hydrogens is 335 g/mol. The van der Waals surface area contributed by atoms with Gasteiger partial charge in [-0.15, -0.1) is 0 Å². The zero-order chi connectivity index (χ0) is 15.4. The molecule has 4 nitrogen and oxygen atoms in total. The zero-order valence-electron chi connectivity index (χ0n) is 11.8. The molecule has 7 heteroatoms. The van der Waals surface area contributed by atoms with Gasteiger partial charge in [0, 0.05) is 5.02 Å². The van der Waals surface area contributed by atoms with Crippen molar-refractivity contribution in [3.8, 4) is 5.75 Å². The van der Waals surface area contributed by atoms with E-state index >= 15 is 0 Å². The van der Waals surface area contributed by atoms with Crippen LogP contribution in [0.15, 0.2) is 12.1 Å². The summed E-state index contributed by atoms with van der Waals surface area (Å²) >= 11 is 17.9. The number of nitrogens with zero attached hydrogens (tertiary/aromatic N) is 1. The number of amides is 1. The first kappa shape index (κ1) is 16.7. The molecule has 116 valence electrons. The Kier molecular flexibility index (Phi) is 5.99. The van der Waals surface area contributed by atoms with Crippen molar-refractivity contribution in [1.29, 1.82) is 0 Å². The fourth-order valence-corrected chi connectivity index (χ4v) is 3.24. The molecule has 0 bridgehead atoms. The van der Waals surface area contributed by atoms with E-state index in [1.54, 1.807) is 0 Å². The molecule has 0 radical (unpaired) electrons. The van der Waals surface area contributed by atoms with Crippen molar-refractivity contribution in [3.63, 3.8) is 0 Å². The molecule has 2 rings (SSSR count). The molecule has 1 fully saturated rings. The number of carbonyl (C=O) groups is 1. The van der Waals surface area contributed by atoms with Gasteiger partial charge in [-0.1, -0.05) is 34.8 Å². The Morgan fingerprint density at radius 1 is 1.24 bits per heavy atom. The molecule has 1 N–H and O–H groups in total. The summed E-state index contributed by atoms with van der Waals surface area (Å²) in [4.78, 5) is 15.5. The Morgan fingerprint density at radius 2 is 1.81 bits per heavy atom. The average Bonchev–Trinajstić information content (AvgIpc) is 2.46. The van der Waals surface area contributed by atoms with Crippen LogP contribution in [0, 0.1) is 0 Å². The van der Waals surface area contributed by atoms with E-state index in [1.807, 2.05) is 4.90 Å². The lowest BCUT2D eigenvalue weighted by Gasteiger charge is -2.31. The van der Waals surface area contributed by atoms with Gasteiger partial charge in [0.25, 0.3) is 5.91 Å². The molecule has 0 aliphatic carbocycles. The van der Waals surface area contributed by atoms with E-state index in [2.05, 4.69) is 6.92 Å². The van der Waals surface area contributed by atoms with Crippen LogP contribution in [-0.2, 0) is 4.79 Å². The zero-order valence-corrected chi connectivity index (χ0v) is 14.1. The third-order valence-electron chi connectivity index (χ3n) is 3.63. The monoisotopic (exact) mass is 351 g/mol. The summed E-state index contributed by atoms with van der Waals surface area (Å²) in [6.45, 7) is 6.65. The Labute approximate surface area is 139 Å². The lowest BCUT2D eigenvalue weighted by atomic mass is 10.3. The summed E-state index contributed by atoms with van der Waals surface area (Å²) in [5.74, 6) is 0.251. The number of rotatable bonds is 4. The first-order valence-electron chi connectivity index (χ1n) is 6.90. The lowest BCUT2D eigenvalue weighted by molar-refractivity contribution is -0.902. The summed E-state index contributed by atoms with van der Waals surface area (Å²) < 4.78 is 5.47. The number of hydrogen-bond acceptors (Lipinski definition) is 2. The van der Waals surface area contributed by atoms with Gasteiger partial charge in [-0.05, 0) is 19.1 Å². The smallest absolute Gasteiger partial charge is 0.260 e. The minimum Gasteiger partial charge on any atom is -0.481 e. The maximum Gasteiger partial charge on any atom is 0.260 e. The normalized spacial score (nSPS) is 16.1. The number of hydrogen-bond donors (Lipinski definition) is 1. The standard InChI is InChI=1S/C14H17Cl3N2O2/c1-2-18-3-5-19(6-4-18)13(20)9-21-14-11(16)7-10(15)8-12(14)17/h7-8H,2-6,9H2,1H3/p+1. The summed E-state index contributed by atoms with van der Waals surface area (Å²) in [5, 5.41) is 1.04. The van der Waals surface area contributed by atoms with Crippen molar-refractivity contribution >= 4 is 40.7 Å². The third-order valence-corrected chi connectivity index (χ3v) is 4.41. The van der Waals surface area contributed by atoms with E-state index in [-0.39, 0.29) is 12.5 Å². The highest BCUT2D eigenvalue weighted by Crippen LogP contribution is 2.35. The Balaban J connectivity index is 1.90. The first-order valence-corrected chi connectivity index (χ1v) is 8.03. The Bertz CT molecular complexity index is 494. The molecule has 21 heavy (non-hydrogen) atoms. The second-order valence-corrected chi connectivity index (χ2v) is 6.22. The molecule has 1 aliphatic heterocycles. The van der Waals surface area contributed by atoms with Crippen LogP contribution in [-0.4, -0.2) is 50.1 Å². The van der Waals surface area contributed by atoms with Crippen LogP contribution >= 0.6 is 34.8 Å². The topological polar surface area (TPSA) is 34.0 Å². The number of likely N-dealkylation sites (N-methyl/N-ethyl adjacent to an activating group) is 1. The molecule has 0 saturated carbocycles. The van der Waals surface area contributed by atoms with Crippen LogP contribution in [0.3, 0.4) is 0 Å². The van der Waals surface area contributed by atoms with E-state index in [1.165, 1.54) is 17.0 Å². The minimum absolute atomic E-state index is 0.0489. The minimum atomic E-state index is -0.0669. The van der Waals surface area contributed by atoms with Crippen molar-refractivity contribution in [1.82, 2.24) is 4.90 Å². The van der Waals surface area contributed by atoms with E-state index in [4.69, 9.17) is 39.5 Å². The van der Waals surface area contributed by atoms with Gasteiger partial charge in [0.15, 0.2) is 12.4 Å². The molecular formula is C14H18Cl3N2O2+. The molecule has 0 unspecified atom stereocenters. The molecule has 0 spiro atoms. The lowest BCUT2D eigenvalue weighted by Crippen LogP contribution is -3.14. The molecule has 1 aromatic carbocycles. The van der Waals surface area contributed by atoms with Crippen molar-refractivity contribution in [2.24, 2.45) is 0 Å². The van der Waals surface area contributed by atoms with Crippen LogP contribution in [0.2, 0.25) is 15.1 Å². The van der Waals surface area contributed by atoms with Gasteiger partial charge in [0.2, 0.25) is 0 Å². The summed E-state index contributed by atoms with van der Waals surface area (Å²) in [6.07, 6.45) is 0. The predicted octanol–water partition coefficient (Wildman–Crippen LogP) is 1.77. The molecule has 1 aromatic rings. The number of halogens is 3. The van der Waals surface area contributed by atoms with Crippen LogP contribution < -0.4 is 9.64 Å². The van der Waals surface area contributed by atoms with Crippen LogP contribution in [0.25, 0.3) is 0 Å². The van der Waals surface area contributed by atoms with Gasteiger partial charge in [-0.3, -0.25) is 4.79 Å². The first-order chi connectivity index (χ1) is 10.0. The van der Waals surface area contributed by atoms with Gasteiger partial charge in [-0.2, -0.15) is 0 Å². The molecule has 1 saturated heterocycles. The van der Waals surface area contributed by atoms with Crippen molar-refractivity contribution in [2.75, 3.05) is 39.3 Å². The number of piperazine rings is 1. The summed E-state index contributed by atoms with van der Waals surface area (Å²) in [6, 6.07) is 3.08. The highest BCUT2D eigenvalue weighted by molar-refractivity contribution is 6.40. The fourth-order valence-electron chi connectivity index (χ4n) is 2.32. The maximum atomic E-state index is 12.1. The molecule has 0 atom stereocenters. The van der Waals surface area contributed by atoms with Crippen LogP contribution in [0.4, 0.5) is 0 Å². The Hall–Kier alpha value is -0.680. The second-order valence-electron chi connectivity index (χ2n) is 4.97. The van der Waals surface area contributed by atoms with Crippen LogP contribution in [0.5, 0.6) is 5.75 Å². The second kappa shape index (κ2) is 7.54. The van der Waals surface area contributed by atoms with E-state index in [9.17, 15) is 4.79 Å². The van der Waals surface area contributed by atoms with E-state index in [0.29, 0.717) is 20.8 Å². The highest BCUT2D eigenvalue weighted by Gasteiger charge is 2.23. The van der Waals surface area contributed by atoms with Gasteiger partial charge in [0.05, 0.1) is 42.8 Å². The number of benzene rings is 1. The van der Waals surface area contributed by atoms with E-state index < -0.39 is 0 Å². The third kappa shape index (κ3) is 4.39. The fraction of sp³-hybridized carbons (Fsp3) is 0.500. The largest absolute Gasteiger partial charge is 0.481 e. The SMILES string of the molecule is CC[NH+]1CCN(C(=O)COc2c(Cl)cc(Cl)cc2Cl)CC1. The van der Waals surface area contributed by atoms with Crippen molar-refractivity contribution < 1.29 is 14.4 Å². The summed E-state index contributed by atoms with van der Waals surface area (Å²) in [7, 11) is 0. The van der Waals surface area contributed by atoms with Crippen LogP contribution in [0.1, 0.15) is 6.92 Å². The number of quaternary nitrogens is 1. The number of ether oxygens (including phenoxy) is 1.